The first-order chi connectivity index (χ1) is 15.7. The fraction of sp³-hybridized carbons (Fsp3) is 0.0870. The third-order valence-electron chi connectivity index (χ3n) is 4.42. The third-order valence-corrected chi connectivity index (χ3v) is 5.51. The lowest BCUT2D eigenvalue weighted by molar-refractivity contribution is -0.123. The summed E-state index contributed by atoms with van der Waals surface area (Å²) >= 11 is 15.2. The van der Waals surface area contributed by atoms with E-state index in [0.29, 0.717) is 20.7 Å². The van der Waals surface area contributed by atoms with Crippen LogP contribution < -0.4 is 20.9 Å². The average Bonchev–Trinajstić information content (AvgIpc) is 2.77. The maximum Gasteiger partial charge on any atom is 0.276 e. The van der Waals surface area contributed by atoms with Gasteiger partial charge in [-0.2, -0.15) is 0 Å². The predicted octanol–water partition coefficient (Wildman–Crippen LogP) is 5.16. The highest BCUT2D eigenvalue weighted by atomic mass is 79.9. The predicted molar refractivity (Wildman–Crippen MR) is 131 cm³/mol. The van der Waals surface area contributed by atoms with Gasteiger partial charge in [0.2, 0.25) is 0 Å². The van der Waals surface area contributed by atoms with E-state index in [2.05, 4.69) is 32.1 Å². The minimum atomic E-state index is -0.594. The van der Waals surface area contributed by atoms with Crippen LogP contribution in [-0.2, 0) is 4.79 Å². The van der Waals surface area contributed by atoms with E-state index in [1.54, 1.807) is 30.3 Å². The number of aryl methyl sites for hydroxylation is 1. The first kappa shape index (κ1) is 24.6. The molecule has 0 bridgehead atoms. The van der Waals surface area contributed by atoms with E-state index in [1.165, 1.54) is 18.2 Å². The number of amides is 3. The van der Waals surface area contributed by atoms with Crippen LogP contribution in [0.15, 0.2) is 65.1 Å². The van der Waals surface area contributed by atoms with Gasteiger partial charge in [-0.25, -0.2) is 0 Å². The Morgan fingerprint density at radius 2 is 1.64 bits per heavy atom. The number of rotatable bonds is 6. The normalized spacial score (nSPS) is 10.3. The van der Waals surface area contributed by atoms with Gasteiger partial charge in [0.15, 0.2) is 12.4 Å². The third kappa shape index (κ3) is 6.71. The fourth-order valence-electron chi connectivity index (χ4n) is 2.77. The van der Waals surface area contributed by atoms with Crippen molar-refractivity contribution in [3.8, 4) is 5.75 Å². The van der Waals surface area contributed by atoms with Gasteiger partial charge in [0.25, 0.3) is 17.7 Å². The Bertz CT molecular complexity index is 1180. The van der Waals surface area contributed by atoms with Crippen LogP contribution in [0.4, 0.5) is 5.69 Å². The number of carbonyl (C=O) groups is 3. The second-order valence-corrected chi connectivity index (χ2v) is 8.53. The van der Waals surface area contributed by atoms with E-state index in [0.717, 1.165) is 5.56 Å². The number of ether oxygens (including phenoxy) is 1. The van der Waals surface area contributed by atoms with Gasteiger partial charge in [0.05, 0.1) is 9.50 Å². The van der Waals surface area contributed by atoms with Gasteiger partial charge in [-0.15, -0.1) is 0 Å². The highest BCUT2D eigenvalue weighted by Crippen LogP contribution is 2.35. The zero-order valence-electron chi connectivity index (χ0n) is 17.2. The van der Waals surface area contributed by atoms with Gasteiger partial charge in [-0.3, -0.25) is 25.2 Å². The van der Waals surface area contributed by atoms with Gasteiger partial charge >= 0.3 is 0 Å². The molecule has 170 valence electrons. The Labute approximate surface area is 208 Å². The molecule has 7 nitrogen and oxygen atoms in total. The first-order valence-electron chi connectivity index (χ1n) is 9.58. The average molecular weight is 551 g/mol. The van der Waals surface area contributed by atoms with E-state index in [-0.39, 0.29) is 28.8 Å². The van der Waals surface area contributed by atoms with Crippen LogP contribution in [0.25, 0.3) is 0 Å². The molecule has 0 aliphatic carbocycles. The molecule has 0 heterocycles. The van der Waals surface area contributed by atoms with Crippen LogP contribution in [0.5, 0.6) is 5.75 Å². The van der Waals surface area contributed by atoms with Crippen molar-refractivity contribution in [2.75, 3.05) is 11.9 Å². The summed E-state index contributed by atoms with van der Waals surface area (Å²) in [6, 6.07) is 16.5. The van der Waals surface area contributed by atoms with Crippen molar-refractivity contribution in [3.05, 3.63) is 91.9 Å². The Morgan fingerprint density at radius 1 is 0.939 bits per heavy atom. The summed E-state index contributed by atoms with van der Waals surface area (Å²) in [6.45, 7) is 1.47. The van der Waals surface area contributed by atoms with E-state index in [9.17, 15) is 14.4 Å². The smallest absolute Gasteiger partial charge is 0.276 e. The summed E-state index contributed by atoms with van der Waals surface area (Å²) in [5.74, 6) is -1.12. The van der Waals surface area contributed by atoms with Gasteiger partial charge in [0, 0.05) is 21.8 Å². The maximum atomic E-state index is 12.4. The molecule has 33 heavy (non-hydrogen) atoms. The van der Waals surface area contributed by atoms with E-state index < -0.39 is 11.8 Å². The summed E-state index contributed by atoms with van der Waals surface area (Å²) in [5, 5.41) is 3.43. The summed E-state index contributed by atoms with van der Waals surface area (Å²) in [4.78, 5) is 36.7. The van der Waals surface area contributed by atoms with Crippen LogP contribution in [0.2, 0.25) is 10.0 Å². The number of hydrazine groups is 1. The summed E-state index contributed by atoms with van der Waals surface area (Å²) < 4.78 is 5.87. The molecular formula is C23H18BrCl2N3O4. The topological polar surface area (TPSA) is 96.5 Å². The minimum Gasteiger partial charge on any atom is -0.481 e. The molecule has 0 aliphatic heterocycles. The molecule has 3 amide bonds. The second kappa shape index (κ2) is 11.2. The second-order valence-electron chi connectivity index (χ2n) is 6.84. The van der Waals surface area contributed by atoms with Crippen molar-refractivity contribution in [1.29, 1.82) is 0 Å². The van der Waals surface area contributed by atoms with Crippen LogP contribution in [0.3, 0.4) is 0 Å². The highest BCUT2D eigenvalue weighted by Gasteiger charge is 2.13. The Hall–Kier alpha value is -3.07. The van der Waals surface area contributed by atoms with Gasteiger partial charge in [0.1, 0.15) is 0 Å². The molecule has 0 atom stereocenters. The van der Waals surface area contributed by atoms with Gasteiger partial charge in [-0.05, 0) is 70.9 Å². The summed E-state index contributed by atoms with van der Waals surface area (Å²) in [6.07, 6.45) is 0. The number of carbonyl (C=O) groups excluding carboxylic acids is 3. The number of halogens is 3. The van der Waals surface area contributed by atoms with E-state index in [1.807, 2.05) is 19.1 Å². The summed E-state index contributed by atoms with van der Waals surface area (Å²) in [7, 11) is 0. The van der Waals surface area contributed by atoms with Crippen molar-refractivity contribution < 1.29 is 19.1 Å². The quantitative estimate of drug-likeness (QED) is 0.369. The van der Waals surface area contributed by atoms with E-state index in [4.69, 9.17) is 27.9 Å². The van der Waals surface area contributed by atoms with Crippen LogP contribution in [-0.4, -0.2) is 24.3 Å². The maximum absolute atomic E-state index is 12.4. The zero-order valence-corrected chi connectivity index (χ0v) is 20.3. The monoisotopic (exact) mass is 549 g/mol. The number of hydrogen-bond donors (Lipinski definition) is 3. The van der Waals surface area contributed by atoms with Gasteiger partial charge < -0.3 is 10.1 Å². The molecule has 0 spiro atoms. The first-order valence-corrected chi connectivity index (χ1v) is 11.1. The Kier molecular flexibility index (Phi) is 8.32. The lowest BCUT2D eigenvalue weighted by atomic mass is 10.1. The molecule has 0 unspecified atom stereocenters. The molecule has 3 aromatic carbocycles. The Balaban J connectivity index is 1.50. The standard InChI is InChI=1S/C23H18BrCl2N3O4/c1-13-4-2-3-5-17(13)23(32)27-16-8-6-14(7-9-16)22(31)29-28-20(30)12-33-21-18(24)10-15(25)11-19(21)26/h2-11H,12H2,1H3,(H,27,32)(H,28,30)(H,29,31). The van der Waals surface area contributed by atoms with Crippen LogP contribution in [0.1, 0.15) is 26.3 Å². The Morgan fingerprint density at radius 3 is 2.30 bits per heavy atom. The number of benzene rings is 3. The molecule has 0 aromatic heterocycles. The van der Waals surface area contributed by atoms with Crippen LogP contribution in [0, 0.1) is 6.92 Å². The molecular weight excluding hydrogens is 533 g/mol. The van der Waals surface area contributed by atoms with Crippen molar-refractivity contribution in [3.63, 3.8) is 0 Å². The largest absolute Gasteiger partial charge is 0.481 e. The number of hydrogen-bond acceptors (Lipinski definition) is 4. The van der Waals surface area contributed by atoms with Crippen molar-refractivity contribution >= 4 is 62.5 Å². The molecule has 3 aromatic rings. The van der Waals surface area contributed by atoms with Gasteiger partial charge in [-0.1, -0.05) is 41.4 Å². The molecule has 0 saturated carbocycles. The van der Waals surface area contributed by atoms with E-state index >= 15 is 0 Å². The number of nitrogens with one attached hydrogen (secondary N) is 3. The lowest BCUT2D eigenvalue weighted by Crippen LogP contribution is -2.43. The summed E-state index contributed by atoms with van der Waals surface area (Å²) in [5.41, 5.74) is 6.79. The zero-order chi connectivity index (χ0) is 24.0. The molecule has 0 fully saturated rings. The molecule has 10 heteroatoms. The minimum absolute atomic E-state index is 0.237. The number of anilines is 1. The van der Waals surface area contributed by atoms with Crippen molar-refractivity contribution in [1.82, 2.24) is 10.9 Å². The molecule has 0 radical (unpaired) electrons. The van der Waals surface area contributed by atoms with Crippen molar-refractivity contribution in [2.24, 2.45) is 0 Å². The van der Waals surface area contributed by atoms with Crippen molar-refractivity contribution in [2.45, 2.75) is 6.92 Å². The fourth-order valence-corrected chi connectivity index (χ4v) is 4.14. The lowest BCUT2D eigenvalue weighted by Gasteiger charge is -2.12. The highest BCUT2D eigenvalue weighted by molar-refractivity contribution is 9.10. The molecule has 3 N–H and O–H groups in total. The molecule has 0 saturated heterocycles. The molecule has 0 aliphatic rings. The molecule has 3 rings (SSSR count). The SMILES string of the molecule is Cc1ccccc1C(=O)Nc1ccc(C(=O)NNC(=O)COc2c(Cl)cc(Cl)cc2Br)cc1. The van der Waals surface area contributed by atoms with Crippen LogP contribution >= 0.6 is 39.1 Å².